The first-order valence-corrected chi connectivity index (χ1v) is 6.74. The van der Waals surface area contributed by atoms with Gasteiger partial charge in [0.1, 0.15) is 12.7 Å². The predicted octanol–water partition coefficient (Wildman–Crippen LogP) is -0.0758. The van der Waals surface area contributed by atoms with Gasteiger partial charge in [-0.3, -0.25) is 0 Å². The summed E-state index contributed by atoms with van der Waals surface area (Å²) < 4.78 is 23.4. The number of carboxylic acids is 1. The minimum absolute atomic E-state index is 0.113. The lowest BCUT2D eigenvalue weighted by molar-refractivity contribution is -0.392. The number of aromatic nitrogens is 2. The summed E-state index contributed by atoms with van der Waals surface area (Å²) >= 11 is 0. The average molecular weight is 277 g/mol. The summed E-state index contributed by atoms with van der Waals surface area (Å²) in [6.07, 6.45) is 0.794. The molecule has 0 amide bonds. The lowest BCUT2D eigenvalue weighted by Gasteiger charge is -2.03. The van der Waals surface area contributed by atoms with E-state index in [1.165, 1.54) is 6.92 Å². The van der Waals surface area contributed by atoms with Crippen molar-refractivity contribution in [2.24, 2.45) is 0 Å². The second kappa shape index (κ2) is 5.12. The molecule has 0 saturated heterocycles. The first-order chi connectivity index (χ1) is 8.28. The molecule has 0 radical (unpaired) electrons. The van der Waals surface area contributed by atoms with E-state index >= 15 is 0 Å². The number of carbonyl (C=O) groups is 1. The normalized spacial score (nSPS) is 11.4. The Morgan fingerprint density at radius 2 is 2.22 bits per heavy atom. The molecule has 1 heterocycles. The summed E-state index contributed by atoms with van der Waals surface area (Å²) in [6.45, 7) is 1.13. The largest absolute Gasteiger partial charge is 0.474 e. The fourth-order valence-corrected chi connectivity index (χ4v) is 2.03. The van der Waals surface area contributed by atoms with Crippen LogP contribution in [0.1, 0.15) is 17.5 Å². The molecule has 1 aromatic rings. The molecule has 0 aliphatic carbocycles. The van der Waals surface area contributed by atoms with Gasteiger partial charge in [-0.25, -0.2) is 18.2 Å². The van der Waals surface area contributed by atoms with E-state index in [-0.39, 0.29) is 18.1 Å². The topological polar surface area (TPSA) is 132 Å². The summed E-state index contributed by atoms with van der Waals surface area (Å²) in [4.78, 5) is 24.0. The quantitative estimate of drug-likeness (QED) is 0.568. The number of hydrogen-bond acceptors (Lipinski definition) is 6. The van der Waals surface area contributed by atoms with Crippen LogP contribution in [0.3, 0.4) is 0 Å². The van der Waals surface area contributed by atoms with Crippen molar-refractivity contribution < 1.29 is 23.2 Å². The number of sulfone groups is 1. The van der Waals surface area contributed by atoms with Crippen LogP contribution >= 0.6 is 0 Å². The first-order valence-electron chi connectivity index (χ1n) is 4.92. The summed E-state index contributed by atoms with van der Waals surface area (Å²) in [5.74, 6) is -3.03. The van der Waals surface area contributed by atoms with E-state index in [0.29, 0.717) is 0 Å². The van der Waals surface area contributed by atoms with Crippen LogP contribution < -0.4 is 0 Å². The van der Waals surface area contributed by atoms with E-state index in [2.05, 4.69) is 4.98 Å². The van der Waals surface area contributed by atoms with Crippen molar-refractivity contribution in [1.29, 1.82) is 0 Å². The molecule has 1 N–H and O–H groups in total. The lowest BCUT2D eigenvalue weighted by Crippen LogP contribution is -2.19. The van der Waals surface area contributed by atoms with Crippen molar-refractivity contribution in [2.75, 3.05) is 11.5 Å². The van der Waals surface area contributed by atoms with Crippen molar-refractivity contribution >= 4 is 21.6 Å². The fourth-order valence-electron chi connectivity index (χ4n) is 1.28. The van der Waals surface area contributed by atoms with Gasteiger partial charge in [0.15, 0.2) is 9.84 Å². The summed E-state index contributed by atoms with van der Waals surface area (Å²) in [5, 5.41) is 19.4. The summed E-state index contributed by atoms with van der Waals surface area (Å²) in [5.41, 5.74) is 0. The first kappa shape index (κ1) is 14.1. The Morgan fingerprint density at radius 3 is 2.67 bits per heavy atom. The molecular formula is C8H11N3O6S. The smallest absolute Gasteiger partial charge is 0.396 e. The number of imidazole rings is 1. The highest BCUT2D eigenvalue weighted by Crippen LogP contribution is 2.14. The number of nitrogens with zero attached hydrogens (tertiary/aromatic N) is 3. The number of carboxylic acid groups (broad SMARTS) is 1. The molecule has 0 spiro atoms. The highest BCUT2D eigenvalue weighted by atomic mass is 32.2. The van der Waals surface area contributed by atoms with Crippen molar-refractivity contribution in [3.8, 4) is 0 Å². The van der Waals surface area contributed by atoms with Crippen molar-refractivity contribution in [2.45, 2.75) is 13.5 Å². The number of nitro groups is 1. The van der Waals surface area contributed by atoms with Gasteiger partial charge in [-0.05, 0) is 4.92 Å². The molecule has 1 aromatic heterocycles. The number of aromatic carboxylic acids is 1. The van der Waals surface area contributed by atoms with Crippen LogP contribution in [0.2, 0.25) is 0 Å². The highest BCUT2D eigenvalue weighted by Gasteiger charge is 2.26. The molecule has 1 rings (SSSR count). The Hall–Kier alpha value is -1.97. The van der Waals surface area contributed by atoms with Crippen LogP contribution in [0, 0.1) is 10.1 Å². The maximum atomic E-state index is 11.3. The Kier molecular flexibility index (Phi) is 4.01. The Balaban J connectivity index is 3.09. The summed E-state index contributed by atoms with van der Waals surface area (Å²) in [6, 6.07) is 0. The molecule has 9 nitrogen and oxygen atoms in total. The molecule has 0 aromatic carbocycles. The fraction of sp³-hybridized carbons (Fsp3) is 0.500. The van der Waals surface area contributed by atoms with Crippen LogP contribution in [0.25, 0.3) is 0 Å². The molecular weight excluding hydrogens is 266 g/mol. The SMILES string of the molecule is CCS(=O)(=O)CCn1c([N+](=O)[O-])cnc1C(=O)O. The predicted molar refractivity (Wildman–Crippen MR) is 60.2 cm³/mol. The van der Waals surface area contributed by atoms with Crippen LogP contribution in [0.4, 0.5) is 5.82 Å². The van der Waals surface area contributed by atoms with Gasteiger partial charge < -0.3 is 15.2 Å². The zero-order valence-electron chi connectivity index (χ0n) is 9.44. The molecule has 0 aliphatic rings. The Bertz CT molecular complexity index is 544. The van der Waals surface area contributed by atoms with Crippen molar-refractivity contribution in [1.82, 2.24) is 9.55 Å². The molecule has 0 bridgehead atoms. The van der Waals surface area contributed by atoms with E-state index in [1.807, 2.05) is 0 Å². The van der Waals surface area contributed by atoms with Gasteiger partial charge in [0.25, 0.3) is 0 Å². The molecule has 0 fully saturated rings. The van der Waals surface area contributed by atoms with Gasteiger partial charge in [0, 0.05) is 5.75 Å². The second-order valence-electron chi connectivity index (χ2n) is 3.39. The van der Waals surface area contributed by atoms with E-state index in [1.54, 1.807) is 0 Å². The number of rotatable bonds is 6. The van der Waals surface area contributed by atoms with Crippen LogP contribution in [-0.2, 0) is 16.4 Å². The van der Waals surface area contributed by atoms with Crippen molar-refractivity contribution in [3.63, 3.8) is 0 Å². The van der Waals surface area contributed by atoms with E-state index in [9.17, 15) is 23.3 Å². The molecule has 0 atom stereocenters. The van der Waals surface area contributed by atoms with Gasteiger partial charge in [0.2, 0.25) is 0 Å². The Morgan fingerprint density at radius 1 is 1.61 bits per heavy atom. The molecule has 18 heavy (non-hydrogen) atoms. The molecule has 0 saturated carbocycles. The van der Waals surface area contributed by atoms with E-state index < -0.39 is 32.4 Å². The van der Waals surface area contributed by atoms with Gasteiger partial charge in [-0.2, -0.15) is 4.57 Å². The lowest BCUT2D eigenvalue weighted by atomic mass is 10.5. The Labute approximate surface area is 102 Å². The minimum Gasteiger partial charge on any atom is -0.474 e. The van der Waals surface area contributed by atoms with Gasteiger partial charge in [0.05, 0.1) is 5.75 Å². The monoisotopic (exact) mass is 277 g/mol. The minimum atomic E-state index is -3.34. The van der Waals surface area contributed by atoms with Crippen LogP contribution in [0.15, 0.2) is 6.20 Å². The van der Waals surface area contributed by atoms with Crippen molar-refractivity contribution in [3.05, 3.63) is 22.1 Å². The van der Waals surface area contributed by atoms with Gasteiger partial charge in [-0.1, -0.05) is 6.92 Å². The third-order valence-corrected chi connectivity index (χ3v) is 3.96. The van der Waals surface area contributed by atoms with E-state index in [0.717, 1.165) is 10.8 Å². The second-order valence-corrected chi connectivity index (χ2v) is 5.86. The maximum Gasteiger partial charge on any atom is 0.396 e. The third kappa shape index (κ3) is 3.03. The number of hydrogen-bond donors (Lipinski definition) is 1. The maximum absolute atomic E-state index is 11.3. The van der Waals surface area contributed by atoms with Gasteiger partial charge >= 0.3 is 17.6 Å². The standard InChI is InChI=1S/C8H11N3O6S/c1-2-18(16,17)4-3-10-6(11(14)15)5-9-7(10)8(12)13/h5H,2-4H2,1H3,(H,12,13). The highest BCUT2D eigenvalue weighted by molar-refractivity contribution is 7.91. The summed E-state index contributed by atoms with van der Waals surface area (Å²) in [7, 11) is -3.34. The van der Waals surface area contributed by atoms with Crippen LogP contribution in [-0.4, -0.2) is 45.5 Å². The molecule has 0 unspecified atom stereocenters. The molecule has 10 heteroatoms. The third-order valence-electron chi connectivity index (χ3n) is 2.28. The zero-order valence-corrected chi connectivity index (χ0v) is 10.3. The van der Waals surface area contributed by atoms with Crippen LogP contribution in [0.5, 0.6) is 0 Å². The zero-order chi connectivity index (χ0) is 13.9. The van der Waals surface area contributed by atoms with Gasteiger partial charge in [-0.15, -0.1) is 0 Å². The van der Waals surface area contributed by atoms with E-state index in [4.69, 9.17) is 5.11 Å². The molecule has 100 valence electrons. The average Bonchev–Trinajstić information content (AvgIpc) is 2.70. The molecule has 0 aliphatic heterocycles.